The van der Waals surface area contributed by atoms with E-state index in [1.165, 1.54) is 49.8 Å². The van der Waals surface area contributed by atoms with Crippen molar-refractivity contribution in [1.29, 1.82) is 0 Å². The average molecular weight is 560 g/mol. The van der Waals surface area contributed by atoms with Gasteiger partial charge in [0.15, 0.2) is 6.29 Å². The summed E-state index contributed by atoms with van der Waals surface area (Å²) < 4.78 is 11.9. The maximum absolute atomic E-state index is 10.5. The Labute approximate surface area is 240 Å². The molecular weight excluding hydrogens is 506 g/mol. The van der Waals surface area contributed by atoms with Crippen LogP contribution >= 0.6 is 0 Å². The lowest BCUT2D eigenvalue weighted by Crippen LogP contribution is -2.60. The van der Waals surface area contributed by atoms with E-state index in [0.717, 1.165) is 55.9 Å². The molecule has 0 spiro atoms. The van der Waals surface area contributed by atoms with E-state index in [2.05, 4.69) is 33.8 Å². The number of hydrogen-bond donors (Lipinski definition) is 4. The van der Waals surface area contributed by atoms with Crippen molar-refractivity contribution in [2.45, 2.75) is 129 Å². The number of allylic oxidation sites excluding steroid dienone is 1. The van der Waals surface area contributed by atoms with Crippen LogP contribution in [0.15, 0.2) is 16.6 Å². The molecule has 7 heteroatoms. The van der Waals surface area contributed by atoms with Crippen molar-refractivity contribution in [3.63, 3.8) is 0 Å². The van der Waals surface area contributed by atoms with E-state index in [0.29, 0.717) is 17.3 Å². The summed E-state index contributed by atoms with van der Waals surface area (Å²) in [6.07, 6.45) is 8.07. The summed E-state index contributed by atoms with van der Waals surface area (Å²) in [7, 11) is 0. The lowest BCUT2D eigenvalue weighted by Gasteiger charge is -2.58. The predicted octanol–water partition coefficient (Wildman–Crippen LogP) is 4.26. The third-order valence-corrected chi connectivity index (χ3v) is 12.9. The first-order valence-electron chi connectivity index (χ1n) is 16.3. The molecule has 0 bridgehead atoms. The zero-order valence-corrected chi connectivity index (χ0v) is 25.0. The minimum atomic E-state index is -1.40. The van der Waals surface area contributed by atoms with Crippen LogP contribution in [0.3, 0.4) is 0 Å². The van der Waals surface area contributed by atoms with Crippen LogP contribution in [0.5, 0.6) is 0 Å². The Balaban J connectivity index is 1.14. The zero-order valence-electron chi connectivity index (χ0n) is 25.0. The smallest absolute Gasteiger partial charge is 0.186 e. The van der Waals surface area contributed by atoms with E-state index in [-0.39, 0.29) is 11.5 Å². The largest absolute Gasteiger partial charge is 0.394 e. The molecule has 4 aliphatic carbocycles. The maximum atomic E-state index is 10.5. The van der Waals surface area contributed by atoms with E-state index in [1.807, 2.05) is 0 Å². The van der Waals surface area contributed by atoms with Crippen LogP contribution in [0, 0.1) is 46.3 Å². The molecule has 14 atom stereocenters. The SMILES string of the molecule is C[C@H]1CCC([C@@H](C)[C@H]2CC[C@H]3[C@@H]4CC=C5C[C@@H](O[C@@H]6O[C@H](CO)[C@@H](O)[C@H](O)[C@H]6O)CC[C@]5(C)[C@H]4CC[C@@]23C)=NC1. The number of hydrogen-bond acceptors (Lipinski definition) is 7. The van der Waals surface area contributed by atoms with Gasteiger partial charge < -0.3 is 29.9 Å². The van der Waals surface area contributed by atoms with Gasteiger partial charge in [0.25, 0.3) is 0 Å². The Hall–Kier alpha value is -0.830. The van der Waals surface area contributed by atoms with Crippen LogP contribution in [0.4, 0.5) is 0 Å². The van der Waals surface area contributed by atoms with Crippen LogP contribution in [0.1, 0.15) is 91.9 Å². The number of nitrogens with zero attached hydrogens (tertiary/aromatic N) is 1. The number of fused-ring (bicyclic) bond motifs is 5. The number of rotatable bonds is 5. The molecule has 0 aromatic carbocycles. The number of aliphatic imine (C=N–C) groups is 1. The van der Waals surface area contributed by atoms with Crippen molar-refractivity contribution < 1.29 is 29.9 Å². The molecule has 0 amide bonds. The molecule has 4 N–H and O–H groups in total. The van der Waals surface area contributed by atoms with Crippen molar-refractivity contribution in [3.8, 4) is 0 Å². The molecule has 0 unspecified atom stereocenters. The first-order chi connectivity index (χ1) is 19.1. The highest BCUT2D eigenvalue weighted by atomic mass is 16.7. The van der Waals surface area contributed by atoms with Crippen LogP contribution in [-0.4, -0.2) is 76.1 Å². The van der Waals surface area contributed by atoms with Gasteiger partial charge in [-0.15, -0.1) is 0 Å². The first-order valence-corrected chi connectivity index (χ1v) is 16.3. The molecule has 40 heavy (non-hydrogen) atoms. The van der Waals surface area contributed by atoms with E-state index >= 15 is 0 Å². The molecule has 226 valence electrons. The van der Waals surface area contributed by atoms with Gasteiger partial charge in [-0.25, -0.2) is 0 Å². The number of ether oxygens (including phenoxy) is 2. The molecule has 2 aliphatic heterocycles. The fourth-order valence-electron chi connectivity index (χ4n) is 10.4. The monoisotopic (exact) mass is 559 g/mol. The topological polar surface area (TPSA) is 112 Å². The zero-order chi connectivity index (χ0) is 28.4. The lowest BCUT2D eigenvalue weighted by atomic mass is 9.47. The quantitative estimate of drug-likeness (QED) is 0.375. The van der Waals surface area contributed by atoms with Crippen molar-refractivity contribution in [3.05, 3.63) is 11.6 Å². The van der Waals surface area contributed by atoms with Crippen LogP contribution in [0.25, 0.3) is 0 Å². The predicted molar refractivity (Wildman–Crippen MR) is 154 cm³/mol. The van der Waals surface area contributed by atoms with E-state index in [4.69, 9.17) is 14.5 Å². The van der Waals surface area contributed by atoms with Gasteiger partial charge in [0.1, 0.15) is 24.4 Å². The number of aliphatic hydroxyl groups excluding tert-OH is 4. The van der Waals surface area contributed by atoms with E-state index in [1.54, 1.807) is 0 Å². The van der Waals surface area contributed by atoms with Gasteiger partial charge in [-0.05, 0) is 111 Å². The Kier molecular flexibility index (Phi) is 8.06. The molecule has 0 aromatic heterocycles. The summed E-state index contributed by atoms with van der Waals surface area (Å²) in [5.41, 5.74) is 3.60. The molecule has 4 fully saturated rings. The Morgan fingerprint density at radius 2 is 1.82 bits per heavy atom. The van der Waals surface area contributed by atoms with Crippen molar-refractivity contribution in [1.82, 2.24) is 0 Å². The van der Waals surface area contributed by atoms with Gasteiger partial charge in [-0.3, -0.25) is 4.99 Å². The summed E-state index contributed by atoms with van der Waals surface area (Å²) >= 11 is 0. The van der Waals surface area contributed by atoms with Gasteiger partial charge in [0, 0.05) is 12.3 Å². The summed E-state index contributed by atoms with van der Waals surface area (Å²) in [6.45, 7) is 10.5. The third-order valence-electron chi connectivity index (χ3n) is 12.9. The molecule has 0 radical (unpaired) electrons. The van der Waals surface area contributed by atoms with Gasteiger partial charge in [-0.2, -0.15) is 0 Å². The summed E-state index contributed by atoms with van der Waals surface area (Å²) in [5.74, 6) is 4.35. The molecule has 3 saturated carbocycles. The van der Waals surface area contributed by atoms with Gasteiger partial charge in [-0.1, -0.05) is 39.3 Å². The van der Waals surface area contributed by atoms with Crippen molar-refractivity contribution in [2.75, 3.05) is 13.2 Å². The Morgan fingerprint density at radius 1 is 1.02 bits per heavy atom. The molecule has 0 aromatic rings. The summed E-state index contributed by atoms with van der Waals surface area (Å²) in [5, 5.41) is 40.4. The normalized spacial score (nSPS) is 51.6. The van der Waals surface area contributed by atoms with Crippen molar-refractivity contribution in [2.24, 2.45) is 51.3 Å². The van der Waals surface area contributed by atoms with Gasteiger partial charge in [0.2, 0.25) is 0 Å². The molecule has 6 rings (SSSR count). The third kappa shape index (κ3) is 4.75. The highest BCUT2D eigenvalue weighted by Crippen LogP contribution is 2.67. The molecular formula is C33H53NO6. The van der Waals surface area contributed by atoms with E-state index in [9.17, 15) is 20.4 Å². The standard InChI is InChI=1S/C33H53NO6/c1-18-5-10-26(34-16-18)19(2)23-8-9-24-22-7-6-20-15-21(11-13-32(20,3)25(22)12-14-33(23,24)4)39-31-30(38)29(37)28(36)27(17-35)40-31/h6,18-19,21-25,27-31,35-38H,5,7-17H2,1-4H3/t18-,19-,21-,22-,23+,24-,25-,27+,28+,29-,30+,31+,32-,33-/m0/s1. The Bertz CT molecular complexity index is 997. The fraction of sp³-hybridized carbons (Fsp3) is 0.909. The Morgan fingerprint density at radius 3 is 2.55 bits per heavy atom. The van der Waals surface area contributed by atoms with Gasteiger partial charge >= 0.3 is 0 Å². The van der Waals surface area contributed by atoms with Crippen LogP contribution in [-0.2, 0) is 9.47 Å². The molecule has 6 aliphatic rings. The first kappa shape index (κ1) is 29.3. The summed E-state index contributed by atoms with van der Waals surface area (Å²) in [4.78, 5) is 5.07. The van der Waals surface area contributed by atoms with Crippen LogP contribution in [0.2, 0.25) is 0 Å². The van der Waals surface area contributed by atoms with Gasteiger partial charge in [0.05, 0.1) is 12.7 Å². The summed E-state index contributed by atoms with van der Waals surface area (Å²) in [6, 6.07) is 0. The average Bonchev–Trinajstić information content (AvgIpc) is 3.30. The van der Waals surface area contributed by atoms with Crippen LogP contribution < -0.4 is 0 Å². The second-order valence-electron chi connectivity index (χ2n) is 15.0. The highest BCUT2D eigenvalue weighted by molar-refractivity contribution is 5.87. The van der Waals surface area contributed by atoms with Crippen molar-refractivity contribution >= 4 is 5.71 Å². The fourth-order valence-corrected chi connectivity index (χ4v) is 10.4. The second kappa shape index (κ2) is 11.0. The number of aliphatic hydroxyl groups is 4. The molecule has 2 heterocycles. The molecule has 1 saturated heterocycles. The maximum Gasteiger partial charge on any atom is 0.186 e. The molecule has 7 nitrogen and oxygen atoms in total. The minimum absolute atomic E-state index is 0.109. The second-order valence-corrected chi connectivity index (χ2v) is 15.0. The minimum Gasteiger partial charge on any atom is -0.394 e. The lowest BCUT2D eigenvalue weighted by molar-refractivity contribution is -0.313. The van der Waals surface area contributed by atoms with E-state index < -0.39 is 37.3 Å². The highest BCUT2D eigenvalue weighted by Gasteiger charge is 2.59.